The van der Waals surface area contributed by atoms with Crippen LogP contribution in [-0.4, -0.2) is 33.4 Å². The van der Waals surface area contributed by atoms with Gasteiger partial charge in [-0.3, -0.25) is 8.96 Å². The Bertz CT molecular complexity index is 920. The number of hydrogen-bond acceptors (Lipinski definition) is 4. The summed E-state index contributed by atoms with van der Waals surface area (Å²) in [6, 6.07) is 9.69. The average molecular weight is 341 g/mol. The van der Waals surface area contributed by atoms with E-state index in [-0.39, 0.29) is 0 Å². The van der Waals surface area contributed by atoms with Crippen LogP contribution in [0.2, 0.25) is 0 Å². The first kappa shape index (κ1) is 15.4. The number of ether oxygens (including phenoxy) is 1. The molecule has 4 rings (SSSR count). The molecular weight excluding hydrogens is 322 g/mol. The van der Waals surface area contributed by atoms with Crippen LogP contribution in [-0.2, 0) is 23.8 Å². The fourth-order valence-corrected chi connectivity index (χ4v) is 4.21. The molecule has 1 aliphatic rings. The number of likely N-dealkylation sites (N-methyl/N-ethyl adjacent to an activating group) is 1. The first-order valence-electron chi connectivity index (χ1n) is 8.05. The van der Waals surface area contributed by atoms with Crippen molar-refractivity contribution in [1.29, 1.82) is 0 Å². The molecule has 1 atom stereocenters. The molecule has 3 aromatic rings. The van der Waals surface area contributed by atoms with Crippen molar-refractivity contribution < 1.29 is 8.95 Å². The van der Waals surface area contributed by atoms with Crippen LogP contribution in [0.3, 0.4) is 0 Å². The predicted molar refractivity (Wildman–Crippen MR) is 94.8 cm³/mol. The molecule has 0 radical (unpaired) electrons. The fraction of sp³-hybridized carbons (Fsp3) is 0.278. The van der Waals surface area contributed by atoms with E-state index in [9.17, 15) is 4.21 Å². The topological polar surface area (TPSA) is 56.2 Å². The fourth-order valence-electron chi connectivity index (χ4n) is 3.04. The van der Waals surface area contributed by atoms with Crippen LogP contribution in [0.25, 0.3) is 11.0 Å². The molecule has 0 saturated carbocycles. The number of rotatable bonds is 5. The molecule has 5 nitrogen and oxygen atoms in total. The lowest BCUT2D eigenvalue weighted by atomic mass is 10.2. The maximum Gasteiger partial charge on any atom is 0.157 e. The van der Waals surface area contributed by atoms with E-state index in [4.69, 9.17) is 4.74 Å². The van der Waals surface area contributed by atoms with Gasteiger partial charge in [-0.15, -0.1) is 0 Å². The lowest BCUT2D eigenvalue weighted by Crippen LogP contribution is -2.10. The lowest BCUT2D eigenvalue weighted by molar-refractivity contribution is 0.356. The summed E-state index contributed by atoms with van der Waals surface area (Å²) in [7, 11) is 0.604. The summed E-state index contributed by atoms with van der Waals surface area (Å²) >= 11 is 0. The monoisotopic (exact) mass is 341 g/mol. The summed E-state index contributed by atoms with van der Waals surface area (Å²) in [6.07, 6.45) is 5.51. The van der Waals surface area contributed by atoms with Gasteiger partial charge in [0.1, 0.15) is 5.75 Å². The van der Waals surface area contributed by atoms with E-state index in [1.54, 1.807) is 6.20 Å². The third-order valence-electron chi connectivity index (χ3n) is 4.29. The van der Waals surface area contributed by atoms with Crippen molar-refractivity contribution in [2.24, 2.45) is 0 Å². The Morgan fingerprint density at radius 3 is 3.17 bits per heavy atom. The van der Waals surface area contributed by atoms with Crippen LogP contribution < -0.4 is 10.1 Å². The second kappa shape index (κ2) is 6.37. The molecular formula is C18H19N3O2S. The molecule has 1 aromatic carbocycles. The van der Waals surface area contributed by atoms with E-state index < -0.39 is 11.0 Å². The van der Waals surface area contributed by atoms with Gasteiger partial charge in [0.05, 0.1) is 22.5 Å². The Labute approximate surface area is 143 Å². The summed E-state index contributed by atoms with van der Waals surface area (Å²) in [5.41, 5.74) is 4.09. The summed E-state index contributed by atoms with van der Waals surface area (Å²) in [6.45, 7) is 1.56. The summed E-state index contributed by atoms with van der Waals surface area (Å²) in [4.78, 5) is 5.23. The van der Waals surface area contributed by atoms with Crippen molar-refractivity contribution >= 4 is 22.0 Å². The quantitative estimate of drug-likeness (QED) is 0.774. The molecule has 2 aromatic heterocycles. The first-order valence-corrected chi connectivity index (χ1v) is 9.16. The van der Waals surface area contributed by atoms with Gasteiger partial charge in [0.2, 0.25) is 0 Å². The summed E-state index contributed by atoms with van der Waals surface area (Å²) in [5, 5.41) is 3.15. The van der Waals surface area contributed by atoms with Crippen LogP contribution in [0.4, 0.5) is 0 Å². The number of aromatic nitrogens is 2. The van der Waals surface area contributed by atoms with Crippen molar-refractivity contribution in [1.82, 2.24) is 14.3 Å². The van der Waals surface area contributed by atoms with Crippen LogP contribution in [0, 0.1) is 0 Å². The molecule has 1 unspecified atom stereocenters. The molecule has 0 fully saturated rings. The highest BCUT2D eigenvalue weighted by molar-refractivity contribution is 7.83. The highest BCUT2D eigenvalue weighted by Gasteiger charge is 2.18. The van der Waals surface area contributed by atoms with Gasteiger partial charge in [0, 0.05) is 18.8 Å². The maximum atomic E-state index is 13.1. The van der Waals surface area contributed by atoms with Gasteiger partial charge in [-0.25, -0.2) is 4.21 Å². The van der Waals surface area contributed by atoms with E-state index in [1.165, 1.54) is 5.56 Å². The van der Waals surface area contributed by atoms with Crippen molar-refractivity contribution in [3.05, 3.63) is 53.9 Å². The second-order valence-corrected chi connectivity index (χ2v) is 7.19. The Hall–Kier alpha value is -2.18. The van der Waals surface area contributed by atoms with E-state index in [0.717, 1.165) is 46.6 Å². The van der Waals surface area contributed by atoms with Crippen LogP contribution in [0.15, 0.2) is 47.6 Å². The van der Waals surface area contributed by atoms with Crippen LogP contribution in [0.5, 0.6) is 5.75 Å². The molecule has 24 heavy (non-hydrogen) atoms. The molecule has 1 aliphatic heterocycles. The summed E-state index contributed by atoms with van der Waals surface area (Å²) < 4.78 is 20.5. The van der Waals surface area contributed by atoms with E-state index >= 15 is 0 Å². The zero-order valence-corrected chi connectivity index (χ0v) is 14.3. The molecule has 0 aliphatic carbocycles. The normalized spacial score (nSPS) is 14.5. The third-order valence-corrected chi connectivity index (χ3v) is 5.61. The molecule has 6 heteroatoms. The number of nitrogens with one attached hydrogen (secondary N) is 1. The minimum Gasteiger partial charge on any atom is -0.493 e. The van der Waals surface area contributed by atoms with Crippen molar-refractivity contribution in [2.45, 2.75) is 17.7 Å². The Balaban J connectivity index is 1.76. The van der Waals surface area contributed by atoms with Crippen molar-refractivity contribution in [3.63, 3.8) is 0 Å². The largest absolute Gasteiger partial charge is 0.493 e. The van der Waals surface area contributed by atoms with Crippen molar-refractivity contribution in [3.8, 4) is 5.75 Å². The highest BCUT2D eigenvalue weighted by atomic mass is 32.2. The van der Waals surface area contributed by atoms with Gasteiger partial charge in [-0.05, 0) is 55.4 Å². The van der Waals surface area contributed by atoms with Gasteiger partial charge in [0.25, 0.3) is 0 Å². The number of hydrogen-bond donors (Lipinski definition) is 1. The Morgan fingerprint density at radius 2 is 2.29 bits per heavy atom. The standard InChI is InChI=1S/C18H19N3O2S/c1-19-9-6-14-12-21(16-3-2-8-20-18(14)16)24(22)15-5-4-13-7-10-23-17(13)11-15/h2-5,8,11-12,19H,6-7,9-10H2,1H3. The van der Waals surface area contributed by atoms with Gasteiger partial charge in [-0.2, -0.15) is 0 Å². The molecule has 1 N–H and O–H groups in total. The van der Waals surface area contributed by atoms with Gasteiger partial charge in [0.15, 0.2) is 11.0 Å². The third kappa shape index (κ3) is 2.61. The van der Waals surface area contributed by atoms with Crippen molar-refractivity contribution in [2.75, 3.05) is 20.2 Å². The molecule has 0 bridgehead atoms. The summed E-state index contributed by atoms with van der Waals surface area (Å²) in [5.74, 6) is 0.853. The smallest absolute Gasteiger partial charge is 0.157 e. The van der Waals surface area contributed by atoms with Crippen LogP contribution in [0.1, 0.15) is 11.1 Å². The average Bonchev–Trinajstić information content (AvgIpc) is 3.23. The highest BCUT2D eigenvalue weighted by Crippen LogP contribution is 2.29. The number of benzene rings is 1. The minimum absolute atomic E-state index is 0.704. The van der Waals surface area contributed by atoms with Gasteiger partial charge in [-0.1, -0.05) is 6.07 Å². The predicted octanol–water partition coefficient (Wildman–Crippen LogP) is 2.30. The number of pyridine rings is 1. The zero-order valence-electron chi connectivity index (χ0n) is 13.5. The van der Waals surface area contributed by atoms with E-state index in [2.05, 4.69) is 10.3 Å². The van der Waals surface area contributed by atoms with E-state index in [0.29, 0.717) is 6.61 Å². The zero-order chi connectivity index (χ0) is 16.5. The first-order chi connectivity index (χ1) is 11.8. The van der Waals surface area contributed by atoms with Gasteiger partial charge < -0.3 is 10.1 Å². The number of fused-ring (bicyclic) bond motifs is 2. The molecule has 0 saturated heterocycles. The lowest BCUT2D eigenvalue weighted by Gasteiger charge is -2.07. The Morgan fingerprint density at radius 1 is 1.38 bits per heavy atom. The Kier molecular flexibility index (Phi) is 4.08. The van der Waals surface area contributed by atoms with Crippen LogP contribution >= 0.6 is 0 Å². The SMILES string of the molecule is CNCCc1cn(S(=O)c2ccc3c(c2)OCC3)c2cccnc12. The molecule has 3 heterocycles. The second-order valence-electron chi connectivity index (χ2n) is 5.82. The van der Waals surface area contributed by atoms with E-state index in [1.807, 2.05) is 47.5 Å². The maximum absolute atomic E-state index is 13.1. The molecule has 0 amide bonds. The number of nitrogens with zero attached hydrogens (tertiary/aromatic N) is 2. The molecule has 0 spiro atoms. The van der Waals surface area contributed by atoms with Gasteiger partial charge >= 0.3 is 0 Å². The minimum atomic E-state index is -1.32. The molecule has 124 valence electrons.